The summed E-state index contributed by atoms with van der Waals surface area (Å²) < 4.78 is 13.9. The van der Waals surface area contributed by atoms with Gasteiger partial charge in [0.05, 0.1) is 12.4 Å². The van der Waals surface area contributed by atoms with Crippen LogP contribution >= 0.6 is 0 Å². The highest BCUT2D eigenvalue weighted by atomic mass is 19.1. The molecule has 76 valence electrons. The number of benzene rings is 1. The lowest BCUT2D eigenvalue weighted by atomic mass is 10.1. The third-order valence-electron chi connectivity index (χ3n) is 2.00. The molecule has 4 heteroatoms. The Labute approximate surface area is 86.2 Å². The molecule has 0 spiro atoms. The predicted octanol–water partition coefficient (Wildman–Crippen LogP) is 1.91. The van der Waals surface area contributed by atoms with Gasteiger partial charge in [-0.3, -0.25) is 9.48 Å². The van der Waals surface area contributed by atoms with Crippen LogP contribution in [-0.4, -0.2) is 15.6 Å². The average molecular weight is 204 g/mol. The van der Waals surface area contributed by atoms with Gasteiger partial charge in [0.25, 0.3) is 0 Å². The Balaban J connectivity index is 2.11. The summed E-state index contributed by atoms with van der Waals surface area (Å²) >= 11 is 0. The summed E-state index contributed by atoms with van der Waals surface area (Å²) in [6.45, 7) is 0.0634. The maximum atomic E-state index is 12.6. The SMILES string of the molecule is O=C(Cn1cc(F)cn1)c1ccccc1. The van der Waals surface area contributed by atoms with Crippen LogP contribution in [-0.2, 0) is 6.54 Å². The van der Waals surface area contributed by atoms with Crippen LogP contribution in [0.3, 0.4) is 0 Å². The molecule has 1 aromatic heterocycles. The van der Waals surface area contributed by atoms with Gasteiger partial charge in [-0.15, -0.1) is 0 Å². The molecule has 1 heterocycles. The second-order valence-electron chi connectivity index (χ2n) is 3.15. The number of carbonyl (C=O) groups excluding carboxylic acids is 1. The van der Waals surface area contributed by atoms with Crippen LogP contribution in [0, 0.1) is 5.82 Å². The Hall–Kier alpha value is -1.97. The Morgan fingerprint density at radius 2 is 2.07 bits per heavy atom. The van der Waals surface area contributed by atoms with Crippen molar-refractivity contribution in [2.45, 2.75) is 6.54 Å². The van der Waals surface area contributed by atoms with Crippen LogP contribution < -0.4 is 0 Å². The molecular formula is C11H9FN2O. The largest absolute Gasteiger partial charge is 0.292 e. The van der Waals surface area contributed by atoms with Gasteiger partial charge in [-0.05, 0) is 0 Å². The van der Waals surface area contributed by atoms with Gasteiger partial charge < -0.3 is 0 Å². The van der Waals surface area contributed by atoms with Gasteiger partial charge >= 0.3 is 0 Å². The fraction of sp³-hybridized carbons (Fsp3) is 0.0909. The van der Waals surface area contributed by atoms with E-state index in [1.807, 2.05) is 6.07 Å². The standard InChI is InChI=1S/C11H9FN2O/c12-10-6-13-14(7-10)8-11(15)9-4-2-1-3-5-9/h1-7H,8H2. The summed E-state index contributed by atoms with van der Waals surface area (Å²) in [5.74, 6) is -0.519. The fourth-order valence-corrected chi connectivity index (χ4v) is 1.29. The molecule has 0 fully saturated rings. The van der Waals surface area contributed by atoms with Crippen molar-refractivity contribution in [3.05, 3.63) is 54.1 Å². The van der Waals surface area contributed by atoms with E-state index in [-0.39, 0.29) is 12.3 Å². The van der Waals surface area contributed by atoms with Crippen LogP contribution in [0.4, 0.5) is 4.39 Å². The first-order valence-corrected chi connectivity index (χ1v) is 4.52. The van der Waals surface area contributed by atoms with E-state index in [2.05, 4.69) is 5.10 Å². The summed E-state index contributed by atoms with van der Waals surface area (Å²) in [4.78, 5) is 11.6. The number of hydrogen-bond donors (Lipinski definition) is 0. The number of ketones is 1. The number of halogens is 1. The van der Waals surface area contributed by atoms with Crippen molar-refractivity contribution in [1.29, 1.82) is 0 Å². The van der Waals surface area contributed by atoms with E-state index in [1.54, 1.807) is 24.3 Å². The van der Waals surface area contributed by atoms with Crippen LogP contribution in [0.5, 0.6) is 0 Å². The summed E-state index contributed by atoms with van der Waals surface area (Å²) in [5.41, 5.74) is 0.605. The molecule has 3 nitrogen and oxygen atoms in total. The molecular weight excluding hydrogens is 195 g/mol. The topological polar surface area (TPSA) is 34.9 Å². The first-order chi connectivity index (χ1) is 7.25. The molecule has 0 radical (unpaired) electrons. The Morgan fingerprint density at radius 3 is 2.67 bits per heavy atom. The van der Waals surface area contributed by atoms with Crippen molar-refractivity contribution < 1.29 is 9.18 Å². The van der Waals surface area contributed by atoms with Crippen LogP contribution in [0.1, 0.15) is 10.4 Å². The smallest absolute Gasteiger partial charge is 0.184 e. The van der Waals surface area contributed by atoms with Crippen LogP contribution in [0.25, 0.3) is 0 Å². The quantitative estimate of drug-likeness (QED) is 0.716. The van der Waals surface area contributed by atoms with Gasteiger partial charge in [0.2, 0.25) is 0 Å². The molecule has 0 aliphatic heterocycles. The van der Waals surface area contributed by atoms with Crippen molar-refractivity contribution in [2.75, 3.05) is 0 Å². The van der Waals surface area contributed by atoms with Crippen molar-refractivity contribution in [3.63, 3.8) is 0 Å². The van der Waals surface area contributed by atoms with Crippen molar-refractivity contribution in [2.24, 2.45) is 0 Å². The third-order valence-corrected chi connectivity index (χ3v) is 2.00. The zero-order valence-corrected chi connectivity index (χ0v) is 7.93. The highest BCUT2D eigenvalue weighted by molar-refractivity contribution is 5.95. The Kier molecular flexibility index (Phi) is 2.58. The van der Waals surface area contributed by atoms with Crippen LogP contribution in [0.2, 0.25) is 0 Å². The predicted molar refractivity (Wildman–Crippen MR) is 53.0 cm³/mol. The number of Topliss-reactive ketones (excluding diaryl/α,β-unsaturated/α-hetero) is 1. The summed E-state index contributed by atoms with van der Waals surface area (Å²) in [6, 6.07) is 8.86. The maximum Gasteiger partial charge on any atom is 0.184 e. The number of nitrogens with zero attached hydrogens (tertiary/aromatic N) is 2. The lowest BCUT2D eigenvalue weighted by molar-refractivity contribution is 0.0967. The number of aromatic nitrogens is 2. The molecule has 0 aliphatic carbocycles. The summed E-state index contributed by atoms with van der Waals surface area (Å²) in [7, 11) is 0. The fourth-order valence-electron chi connectivity index (χ4n) is 1.29. The number of rotatable bonds is 3. The van der Waals surface area contributed by atoms with E-state index in [0.29, 0.717) is 5.56 Å². The summed E-state index contributed by atoms with van der Waals surface area (Å²) in [5, 5.41) is 3.70. The second-order valence-corrected chi connectivity index (χ2v) is 3.15. The molecule has 0 saturated heterocycles. The summed E-state index contributed by atoms with van der Waals surface area (Å²) in [6.07, 6.45) is 2.28. The van der Waals surface area contributed by atoms with Gasteiger partial charge in [0.1, 0.15) is 6.54 Å². The Morgan fingerprint density at radius 1 is 1.33 bits per heavy atom. The lowest BCUT2D eigenvalue weighted by Crippen LogP contribution is -2.10. The lowest BCUT2D eigenvalue weighted by Gasteiger charge is -2.00. The average Bonchev–Trinajstić information content (AvgIpc) is 2.65. The number of carbonyl (C=O) groups is 1. The van der Waals surface area contributed by atoms with E-state index in [1.165, 1.54) is 10.9 Å². The van der Waals surface area contributed by atoms with Crippen molar-refractivity contribution in [3.8, 4) is 0 Å². The molecule has 0 N–H and O–H groups in total. The van der Waals surface area contributed by atoms with Crippen molar-refractivity contribution in [1.82, 2.24) is 9.78 Å². The van der Waals surface area contributed by atoms with Gasteiger partial charge in [-0.1, -0.05) is 30.3 Å². The minimum absolute atomic E-state index is 0.0634. The second kappa shape index (κ2) is 4.04. The highest BCUT2D eigenvalue weighted by Crippen LogP contribution is 2.02. The van der Waals surface area contributed by atoms with Gasteiger partial charge in [0.15, 0.2) is 11.6 Å². The molecule has 0 bridgehead atoms. The van der Waals surface area contributed by atoms with Gasteiger partial charge in [-0.25, -0.2) is 4.39 Å². The zero-order valence-electron chi connectivity index (χ0n) is 7.93. The molecule has 15 heavy (non-hydrogen) atoms. The first kappa shape index (κ1) is 9.58. The van der Waals surface area contributed by atoms with E-state index >= 15 is 0 Å². The Bertz CT molecular complexity index is 464. The number of hydrogen-bond acceptors (Lipinski definition) is 2. The molecule has 2 rings (SSSR count). The van der Waals surface area contributed by atoms with E-state index in [4.69, 9.17) is 0 Å². The maximum absolute atomic E-state index is 12.6. The molecule has 2 aromatic rings. The van der Waals surface area contributed by atoms with E-state index in [0.717, 1.165) is 6.20 Å². The zero-order chi connectivity index (χ0) is 10.7. The third kappa shape index (κ3) is 2.28. The van der Waals surface area contributed by atoms with Gasteiger partial charge in [0, 0.05) is 5.56 Å². The molecule has 1 aromatic carbocycles. The minimum atomic E-state index is -0.434. The van der Waals surface area contributed by atoms with Crippen molar-refractivity contribution >= 4 is 5.78 Å². The van der Waals surface area contributed by atoms with Gasteiger partial charge in [-0.2, -0.15) is 5.10 Å². The molecule has 0 saturated carbocycles. The minimum Gasteiger partial charge on any atom is -0.292 e. The molecule has 0 unspecified atom stereocenters. The molecule has 0 amide bonds. The monoisotopic (exact) mass is 204 g/mol. The van der Waals surface area contributed by atoms with Crippen LogP contribution in [0.15, 0.2) is 42.7 Å². The molecule has 0 aliphatic rings. The van der Waals surface area contributed by atoms with E-state index in [9.17, 15) is 9.18 Å². The van der Waals surface area contributed by atoms with E-state index < -0.39 is 5.82 Å². The highest BCUT2D eigenvalue weighted by Gasteiger charge is 2.06. The first-order valence-electron chi connectivity index (χ1n) is 4.52. The molecule has 0 atom stereocenters. The normalized spacial score (nSPS) is 10.2.